The molecule has 9 nitrogen and oxygen atoms in total. The van der Waals surface area contributed by atoms with Crippen molar-refractivity contribution in [1.82, 2.24) is 20.2 Å². The number of carbonyl (C=O) groups excluding carboxylic acids is 1. The normalized spacial score (nSPS) is 14.8. The predicted molar refractivity (Wildman–Crippen MR) is 122 cm³/mol. The molecule has 1 aliphatic rings. The second-order valence-electron chi connectivity index (χ2n) is 7.31. The van der Waals surface area contributed by atoms with Crippen molar-refractivity contribution in [3.05, 3.63) is 83.6 Å². The summed E-state index contributed by atoms with van der Waals surface area (Å²) in [6.45, 7) is 8.26. The fraction of sp³-hybridized carbons (Fsp3) is 0.250. The minimum atomic E-state index is -0.601. The van der Waals surface area contributed by atoms with E-state index in [-0.39, 0.29) is 6.61 Å². The van der Waals surface area contributed by atoms with Gasteiger partial charge in [-0.15, -0.1) is 0 Å². The van der Waals surface area contributed by atoms with Crippen molar-refractivity contribution in [2.45, 2.75) is 26.5 Å². The molecule has 33 heavy (non-hydrogen) atoms. The van der Waals surface area contributed by atoms with Gasteiger partial charge in [0, 0.05) is 5.70 Å². The molecule has 1 aliphatic heterocycles. The molecule has 0 radical (unpaired) electrons. The standard InChI is InChI=1S/C24H25N5O4/c1-4-13-32-23(30)21-16(3)25-24-26-27-28-29(24)22(21)18-11-12-19(20(14-18)31-5-2)33-15-17-9-7-6-8-10-17/h4,6-12,14,22H,1,5,13,15H2,2-3H3,(H,25,26,28). The maximum atomic E-state index is 12.9. The van der Waals surface area contributed by atoms with Crippen molar-refractivity contribution in [2.75, 3.05) is 18.5 Å². The molecule has 0 spiro atoms. The maximum Gasteiger partial charge on any atom is 0.338 e. The smallest absolute Gasteiger partial charge is 0.338 e. The molecule has 9 heteroatoms. The summed E-state index contributed by atoms with van der Waals surface area (Å²) in [5.74, 6) is 1.12. The van der Waals surface area contributed by atoms with Gasteiger partial charge in [0.05, 0.1) is 12.2 Å². The number of ether oxygens (including phenoxy) is 3. The Morgan fingerprint density at radius 1 is 1.18 bits per heavy atom. The molecule has 4 rings (SSSR count). The van der Waals surface area contributed by atoms with Crippen LogP contribution in [0.25, 0.3) is 0 Å². The zero-order valence-corrected chi connectivity index (χ0v) is 18.5. The van der Waals surface area contributed by atoms with Crippen molar-refractivity contribution in [1.29, 1.82) is 0 Å². The molecule has 1 aromatic heterocycles. The average molecular weight is 447 g/mol. The van der Waals surface area contributed by atoms with Crippen LogP contribution in [0, 0.1) is 0 Å². The first-order valence-corrected chi connectivity index (χ1v) is 10.6. The monoisotopic (exact) mass is 447 g/mol. The van der Waals surface area contributed by atoms with Crippen molar-refractivity contribution in [2.24, 2.45) is 0 Å². The van der Waals surface area contributed by atoms with Gasteiger partial charge in [-0.2, -0.15) is 4.68 Å². The maximum absolute atomic E-state index is 12.9. The lowest BCUT2D eigenvalue weighted by atomic mass is 9.95. The molecule has 0 aliphatic carbocycles. The van der Waals surface area contributed by atoms with E-state index in [1.165, 1.54) is 6.08 Å². The molecule has 1 unspecified atom stereocenters. The predicted octanol–water partition coefficient (Wildman–Crippen LogP) is 3.67. The third-order valence-corrected chi connectivity index (χ3v) is 5.09. The van der Waals surface area contributed by atoms with E-state index < -0.39 is 12.0 Å². The van der Waals surface area contributed by atoms with Gasteiger partial charge in [0.15, 0.2) is 11.5 Å². The summed E-state index contributed by atoms with van der Waals surface area (Å²) in [5.41, 5.74) is 2.81. The average Bonchev–Trinajstić information content (AvgIpc) is 3.29. The van der Waals surface area contributed by atoms with Gasteiger partial charge in [0.2, 0.25) is 5.95 Å². The van der Waals surface area contributed by atoms with Crippen LogP contribution in [0.2, 0.25) is 0 Å². The number of aromatic nitrogens is 4. The molecule has 3 aromatic rings. The van der Waals surface area contributed by atoms with E-state index in [1.807, 2.05) is 55.5 Å². The third kappa shape index (κ3) is 4.72. The Bertz CT molecular complexity index is 1170. The minimum absolute atomic E-state index is 0.0985. The van der Waals surface area contributed by atoms with Crippen LogP contribution in [0.4, 0.5) is 5.95 Å². The van der Waals surface area contributed by atoms with Crippen LogP contribution in [0.5, 0.6) is 11.5 Å². The van der Waals surface area contributed by atoms with Crippen molar-refractivity contribution < 1.29 is 19.0 Å². The van der Waals surface area contributed by atoms with Gasteiger partial charge in [-0.05, 0) is 47.5 Å². The molecular weight excluding hydrogens is 422 g/mol. The molecule has 2 heterocycles. The molecular formula is C24H25N5O4. The number of carbonyl (C=O) groups is 1. The van der Waals surface area contributed by atoms with Crippen molar-refractivity contribution in [3.8, 4) is 11.5 Å². The summed E-state index contributed by atoms with van der Waals surface area (Å²) in [6, 6.07) is 14.8. The zero-order valence-electron chi connectivity index (χ0n) is 18.5. The zero-order chi connectivity index (χ0) is 23.2. The van der Waals surface area contributed by atoms with Crippen molar-refractivity contribution >= 4 is 11.9 Å². The molecule has 0 saturated carbocycles. The van der Waals surface area contributed by atoms with Crippen LogP contribution in [-0.4, -0.2) is 39.4 Å². The first-order valence-electron chi connectivity index (χ1n) is 10.6. The summed E-state index contributed by atoms with van der Waals surface area (Å²) in [7, 11) is 0. The largest absolute Gasteiger partial charge is 0.490 e. The summed E-state index contributed by atoms with van der Waals surface area (Å²) < 4.78 is 18.8. The van der Waals surface area contributed by atoms with E-state index >= 15 is 0 Å². The highest BCUT2D eigenvalue weighted by molar-refractivity contribution is 5.92. The van der Waals surface area contributed by atoms with Crippen molar-refractivity contribution in [3.63, 3.8) is 0 Å². The molecule has 1 atom stereocenters. The van der Waals surface area contributed by atoms with Gasteiger partial charge in [0.25, 0.3) is 0 Å². The number of hydrogen-bond acceptors (Lipinski definition) is 8. The van der Waals surface area contributed by atoms with Gasteiger partial charge >= 0.3 is 5.97 Å². The van der Waals surface area contributed by atoms with Crippen LogP contribution in [0.1, 0.15) is 31.0 Å². The first-order chi connectivity index (χ1) is 16.1. The second-order valence-corrected chi connectivity index (χ2v) is 7.31. The quantitative estimate of drug-likeness (QED) is 0.392. The Morgan fingerprint density at radius 3 is 2.76 bits per heavy atom. The highest BCUT2D eigenvalue weighted by Gasteiger charge is 2.35. The van der Waals surface area contributed by atoms with Gasteiger partial charge in [-0.25, -0.2) is 4.79 Å². The molecule has 0 fully saturated rings. The first kappa shape index (κ1) is 22.1. The fourth-order valence-corrected chi connectivity index (χ4v) is 3.61. The number of anilines is 1. The van der Waals surface area contributed by atoms with Crippen LogP contribution < -0.4 is 14.8 Å². The number of hydrogen-bond donors (Lipinski definition) is 1. The Labute approximate surface area is 191 Å². The molecule has 0 amide bonds. The molecule has 0 bridgehead atoms. The Morgan fingerprint density at radius 2 is 2.00 bits per heavy atom. The van der Waals surface area contributed by atoms with Crippen LogP contribution in [0.15, 0.2) is 72.5 Å². The lowest BCUT2D eigenvalue weighted by Crippen LogP contribution is -2.29. The Hall–Kier alpha value is -4.14. The summed E-state index contributed by atoms with van der Waals surface area (Å²) in [4.78, 5) is 12.9. The number of rotatable bonds is 9. The fourth-order valence-electron chi connectivity index (χ4n) is 3.61. The van der Waals surface area contributed by atoms with Gasteiger partial charge in [0.1, 0.15) is 19.3 Å². The lowest BCUT2D eigenvalue weighted by Gasteiger charge is -2.27. The number of fused-ring (bicyclic) bond motifs is 1. The van der Waals surface area contributed by atoms with Gasteiger partial charge in [-0.1, -0.05) is 54.2 Å². The summed E-state index contributed by atoms with van der Waals surface area (Å²) in [6.07, 6.45) is 1.52. The van der Waals surface area contributed by atoms with Gasteiger partial charge < -0.3 is 19.5 Å². The van der Waals surface area contributed by atoms with Gasteiger partial charge in [-0.3, -0.25) is 0 Å². The SMILES string of the molecule is C=CCOC(=O)C1=C(C)Nc2nnnn2C1c1ccc(OCc2ccccc2)c(OCC)c1. The van der Waals surface area contributed by atoms with E-state index in [0.29, 0.717) is 41.9 Å². The van der Waals surface area contributed by atoms with E-state index in [9.17, 15) is 4.79 Å². The molecule has 2 aromatic carbocycles. The van der Waals surface area contributed by atoms with E-state index in [0.717, 1.165) is 11.1 Å². The number of allylic oxidation sites excluding steroid dienone is 1. The molecule has 170 valence electrons. The summed E-state index contributed by atoms with van der Waals surface area (Å²) in [5, 5.41) is 14.9. The van der Waals surface area contributed by atoms with E-state index in [4.69, 9.17) is 14.2 Å². The number of esters is 1. The van der Waals surface area contributed by atoms with Crippen LogP contribution >= 0.6 is 0 Å². The Balaban J connectivity index is 1.70. The molecule has 0 saturated heterocycles. The van der Waals surface area contributed by atoms with Crippen LogP contribution in [0.3, 0.4) is 0 Å². The highest BCUT2D eigenvalue weighted by atomic mass is 16.5. The number of nitrogens with one attached hydrogen (secondary N) is 1. The number of nitrogens with zero attached hydrogens (tertiary/aromatic N) is 4. The number of tetrazole rings is 1. The number of benzene rings is 2. The van der Waals surface area contributed by atoms with E-state index in [1.54, 1.807) is 11.6 Å². The highest BCUT2D eigenvalue weighted by Crippen LogP contribution is 2.39. The summed E-state index contributed by atoms with van der Waals surface area (Å²) >= 11 is 0. The minimum Gasteiger partial charge on any atom is -0.490 e. The van der Waals surface area contributed by atoms with Crippen LogP contribution in [-0.2, 0) is 16.1 Å². The van der Waals surface area contributed by atoms with E-state index in [2.05, 4.69) is 27.4 Å². The molecule has 1 N–H and O–H groups in total. The third-order valence-electron chi connectivity index (χ3n) is 5.09. The Kier molecular flexibility index (Phi) is 6.68. The topological polar surface area (TPSA) is 100 Å². The second kappa shape index (κ2) is 9.99. The lowest BCUT2D eigenvalue weighted by molar-refractivity contribution is -0.138.